The lowest BCUT2D eigenvalue weighted by atomic mass is 9.94. The second kappa shape index (κ2) is 9.52. The molecule has 0 spiro atoms. The van der Waals surface area contributed by atoms with Crippen LogP contribution in [0, 0.1) is 6.92 Å². The Morgan fingerprint density at radius 2 is 1.68 bits per heavy atom. The van der Waals surface area contributed by atoms with Crippen molar-refractivity contribution in [2.45, 2.75) is 51.1 Å². The number of benzene rings is 1. The highest BCUT2D eigenvalue weighted by Crippen LogP contribution is 2.22. The number of hydrogen-bond donors (Lipinski definition) is 1. The van der Waals surface area contributed by atoms with Crippen LogP contribution in [0.15, 0.2) is 24.3 Å². The molecule has 0 bridgehead atoms. The topological polar surface area (TPSA) is 69.9 Å². The number of amides is 2. The molecule has 1 aliphatic heterocycles. The first-order valence-corrected chi connectivity index (χ1v) is 10.5. The van der Waals surface area contributed by atoms with Gasteiger partial charge in [-0.2, -0.15) is 0 Å². The van der Waals surface area contributed by atoms with Gasteiger partial charge in [-0.15, -0.1) is 0 Å². The van der Waals surface area contributed by atoms with E-state index < -0.39 is 6.04 Å². The summed E-state index contributed by atoms with van der Waals surface area (Å²) in [7, 11) is 1.94. The van der Waals surface area contributed by atoms with E-state index in [9.17, 15) is 9.59 Å². The van der Waals surface area contributed by atoms with Crippen molar-refractivity contribution in [1.29, 1.82) is 0 Å². The Balaban J connectivity index is 1.46. The summed E-state index contributed by atoms with van der Waals surface area (Å²) in [5.41, 5.74) is 8.19. The van der Waals surface area contributed by atoms with Crippen molar-refractivity contribution < 1.29 is 9.59 Å². The number of nitrogens with zero attached hydrogens (tertiary/aromatic N) is 3. The Bertz CT molecular complexity index is 662. The normalized spacial score (nSPS) is 20.0. The second-order valence-electron chi connectivity index (χ2n) is 8.29. The van der Waals surface area contributed by atoms with E-state index >= 15 is 0 Å². The molecule has 1 heterocycles. The number of carbonyl (C=O) groups is 2. The fraction of sp³-hybridized carbons (Fsp3) is 0.636. The zero-order chi connectivity index (χ0) is 20.1. The van der Waals surface area contributed by atoms with Gasteiger partial charge in [0.2, 0.25) is 11.8 Å². The summed E-state index contributed by atoms with van der Waals surface area (Å²) < 4.78 is 0. The van der Waals surface area contributed by atoms with Crippen LogP contribution in [0.1, 0.15) is 49.3 Å². The van der Waals surface area contributed by atoms with Gasteiger partial charge in [-0.05, 0) is 25.3 Å². The number of carbonyl (C=O) groups excluding carboxylic acids is 2. The van der Waals surface area contributed by atoms with Crippen molar-refractivity contribution in [3.8, 4) is 0 Å². The van der Waals surface area contributed by atoms with Crippen molar-refractivity contribution >= 4 is 11.8 Å². The minimum absolute atomic E-state index is 0.0332. The van der Waals surface area contributed by atoms with Crippen molar-refractivity contribution in [3.63, 3.8) is 0 Å². The molecule has 28 heavy (non-hydrogen) atoms. The van der Waals surface area contributed by atoms with E-state index in [1.165, 1.54) is 19.3 Å². The zero-order valence-electron chi connectivity index (χ0n) is 17.3. The van der Waals surface area contributed by atoms with Crippen molar-refractivity contribution in [2.75, 3.05) is 39.8 Å². The highest BCUT2D eigenvalue weighted by molar-refractivity contribution is 5.83. The minimum atomic E-state index is -0.619. The van der Waals surface area contributed by atoms with Gasteiger partial charge in [-0.1, -0.05) is 49.1 Å². The third kappa shape index (κ3) is 5.11. The van der Waals surface area contributed by atoms with Crippen LogP contribution in [0.4, 0.5) is 0 Å². The van der Waals surface area contributed by atoms with Crippen molar-refractivity contribution in [2.24, 2.45) is 5.73 Å². The Labute approximate surface area is 168 Å². The molecule has 154 valence electrons. The van der Waals surface area contributed by atoms with E-state index in [0.717, 1.165) is 37.1 Å². The Morgan fingerprint density at radius 3 is 2.29 bits per heavy atom. The molecule has 2 amide bonds. The monoisotopic (exact) mass is 386 g/mol. The number of hydrogen-bond acceptors (Lipinski definition) is 4. The summed E-state index contributed by atoms with van der Waals surface area (Å²) in [6, 6.07) is 7.59. The average Bonchev–Trinajstić information content (AvgIpc) is 2.74. The molecular weight excluding hydrogens is 352 g/mol. The van der Waals surface area contributed by atoms with Crippen LogP contribution in [0.25, 0.3) is 0 Å². The van der Waals surface area contributed by atoms with Crippen LogP contribution in [0.2, 0.25) is 0 Å². The highest BCUT2D eigenvalue weighted by Gasteiger charge is 2.28. The summed E-state index contributed by atoms with van der Waals surface area (Å²) in [4.78, 5) is 31.3. The van der Waals surface area contributed by atoms with Crippen LogP contribution >= 0.6 is 0 Å². The minimum Gasteiger partial charge on any atom is -0.342 e. The van der Waals surface area contributed by atoms with Gasteiger partial charge < -0.3 is 15.5 Å². The quantitative estimate of drug-likeness (QED) is 0.840. The standard InChI is InChI=1S/C22H34N4O2/c1-17-8-10-18(11-9-17)21(23)22(28)26-14-12-25(13-15-26)16-20(27)24(2)19-6-4-3-5-7-19/h8-11,19,21H,3-7,12-16,23H2,1-2H3. The van der Waals surface area contributed by atoms with Crippen LogP contribution in [-0.4, -0.2) is 72.3 Å². The first-order chi connectivity index (χ1) is 13.5. The van der Waals surface area contributed by atoms with Gasteiger partial charge in [0, 0.05) is 39.3 Å². The van der Waals surface area contributed by atoms with Gasteiger partial charge in [0.25, 0.3) is 0 Å². The fourth-order valence-electron chi connectivity index (χ4n) is 4.21. The molecule has 1 saturated carbocycles. The maximum absolute atomic E-state index is 12.7. The van der Waals surface area contributed by atoms with Crippen molar-refractivity contribution in [3.05, 3.63) is 35.4 Å². The second-order valence-corrected chi connectivity index (χ2v) is 8.29. The molecule has 0 radical (unpaired) electrons. The molecule has 1 aliphatic carbocycles. The summed E-state index contributed by atoms with van der Waals surface area (Å²) >= 11 is 0. The number of likely N-dealkylation sites (N-methyl/N-ethyl adjacent to an activating group) is 1. The molecule has 1 aromatic rings. The molecule has 3 rings (SSSR count). The zero-order valence-corrected chi connectivity index (χ0v) is 17.3. The lowest BCUT2D eigenvalue weighted by Crippen LogP contribution is -2.53. The highest BCUT2D eigenvalue weighted by atomic mass is 16.2. The smallest absolute Gasteiger partial charge is 0.244 e. The predicted octanol–water partition coefficient (Wildman–Crippen LogP) is 1.93. The molecular formula is C22H34N4O2. The molecule has 6 nitrogen and oxygen atoms in total. The Hall–Kier alpha value is -1.92. The van der Waals surface area contributed by atoms with E-state index in [4.69, 9.17) is 5.73 Å². The number of rotatable bonds is 5. The number of nitrogens with two attached hydrogens (primary N) is 1. The van der Waals surface area contributed by atoms with Gasteiger partial charge in [0.05, 0.1) is 6.54 Å². The molecule has 0 aromatic heterocycles. The molecule has 1 atom stereocenters. The molecule has 6 heteroatoms. The van der Waals surface area contributed by atoms with Gasteiger partial charge in [-0.3, -0.25) is 14.5 Å². The largest absolute Gasteiger partial charge is 0.342 e. The Kier molecular flexibility index (Phi) is 7.08. The number of aryl methyl sites for hydroxylation is 1. The van der Waals surface area contributed by atoms with Crippen LogP contribution in [0.5, 0.6) is 0 Å². The SMILES string of the molecule is Cc1ccc(C(N)C(=O)N2CCN(CC(=O)N(C)C3CCCCC3)CC2)cc1. The van der Waals surface area contributed by atoms with Gasteiger partial charge in [0.1, 0.15) is 6.04 Å². The molecule has 2 fully saturated rings. The van der Waals surface area contributed by atoms with Crippen molar-refractivity contribution in [1.82, 2.24) is 14.7 Å². The molecule has 2 aliphatic rings. The Morgan fingerprint density at radius 1 is 1.07 bits per heavy atom. The summed E-state index contributed by atoms with van der Waals surface area (Å²) in [6.07, 6.45) is 6.00. The predicted molar refractivity (Wildman–Crippen MR) is 111 cm³/mol. The van der Waals surface area contributed by atoms with E-state index in [1.807, 2.05) is 48.0 Å². The summed E-state index contributed by atoms with van der Waals surface area (Å²) in [5.74, 6) is 0.164. The average molecular weight is 387 g/mol. The maximum Gasteiger partial charge on any atom is 0.244 e. The first-order valence-electron chi connectivity index (χ1n) is 10.5. The van der Waals surface area contributed by atoms with E-state index in [-0.39, 0.29) is 11.8 Å². The third-order valence-corrected chi connectivity index (χ3v) is 6.26. The van der Waals surface area contributed by atoms with E-state index in [0.29, 0.717) is 25.7 Å². The first kappa shape index (κ1) is 20.8. The van der Waals surface area contributed by atoms with Crippen LogP contribution in [0.3, 0.4) is 0 Å². The summed E-state index contributed by atoms with van der Waals surface area (Å²) in [5, 5.41) is 0. The maximum atomic E-state index is 12.7. The lowest BCUT2D eigenvalue weighted by molar-refractivity contribution is -0.136. The lowest BCUT2D eigenvalue weighted by Gasteiger charge is -2.37. The van der Waals surface area contributed by atoms with Gasteiger partial charge >= 0.3 is 0 Å². The molecule has 1 aromatic carbocycles. The van der Waals surface area contributed by atoms with Gasteiger partial charge in [0.15, 0.2) is 0 Å². The molecule has 1 saturated heterocycles. The van der Waals surface area contributed by atoms with Crippen LogP contribution < -0.4 is 5.73 Å². The molecule has 2 N–H and O–H groups in total. The number of piperazine rings is 1. The van der Waals surface area contributed by atoms with E-state index in [1.54, 1.807) is 0 Å². The van der Waals surface area contributed by atoms with Gasteiger partial charge in [-0.25, -0.2) is 0 Å². The molecule has 1 unspecified atom stereocenters. The third-order valence-electron chi connectivity index (χ3n) is 6.26. The van der Waals surface area contributed by atoms with Crippen LogP contribution in [-0.2, 0) is 9.59 Å². The van der Waals surface area contributed by atoms with E-state index in [2.05, 4.69) is 4.90 Å². The fourth-order valence-corrected chi connectivity index (χ4v) is 4.21. The summed E-state index contributed by atoms with van der Waals surface area (Å²) in [6.45, 7) is 5.15.